The molecule has 3 aromatic rings. The normalized spacial score (nSPS) is 14.3. The molecule has 1 aliphatic heterocycles. The molecule has 150 valence electrons. The summed E-state index contributed by atoms with van der Waals surface area (Å²) in [5, 5.41) is 0. The number of nitrogens with zero attached hydrogens (tertiary/aromatic N) is 8. The van der Waals surface area contributed by atoms with Crippen molar-refractivity contribution < 1.29 is 4.79 Å². The lowest BCUT2D eigenvalue weighted by molar-refractivity contribution is -0.132. The summed E-state index contributed by atoms with van der Waals surface area (Å²) in [6.45, 7) is 6.12. The molecule has 10 heteroatoms. The summed E-state index contributed by atoms with van der Waals surface area (Å²) >= 11 is 0. The minimum Gasteiger partial charge on any atom is -0.353 e. The third-order valence-corrected chi connectivity index (χ3v) is 4.99. The highest BCUT2D eigenvalue weighted by Crippen LogP contribution is 2.17. The summed E-state index contributed by atoms with van der Waals surface area (Å²) in [7, 11) is 0. The van der Waals surface area contributed by atoms with Gasteiger partial charge < -0.3 is 9.80 Å². The SMILES string of the molecule is Cc1cc(=O)n(CC(=O)N2CCN(c3cc(-n4ccnc4C)ncn3)CC2)cn1. The molecule has 1 aliphatic rings. The van der Waals surface area contributed by atoms with E-state index in [2.05, 4.69) is 24.8 Å². The molecule has 29 heavy (non-hydrogen) atoms. The Labute approximate surface area is 167 Å². The topological polar surface area (TPSA) is 102 Å². The van der Waals surface area contributed by atoms with Crippen LogP contribution in [0, 0.1) is 13.8 Å². The van der Waals surface area contributed by atoms with Gasteiger partial charge in [-0.25, -0.2) is 19.9 Å². The molecule has 0 radical (unpaired) electrons. The summed E-state index contributed by atoms with van der Waals surface area (Å²) < 4.78 is 3.24. The Morgan fingerprint density at radius 2 is 1.76 bits per heavy atom. The van der Waals surface area contributed by atoms with Gasteiger partial charge in [-0.2, -0.15) is 0 Å². The van der Waals surface area contributed by atoms with E-state index in [1.807, 2.05) is 23.8 Å². The number of imidazole rings is 1. The molecule has 0 unspecified atom stereocenters. The lowest BCUT2D eigenvalue weighted by atomic mass is 10.3. The zero-order valence-electron chi connectivity index (χ0n) is 16.4. The van der Waals surface area contributed by atoms with Crippen LogP contribution >= 0.6 is 0 Å². The Bertz CT molecular complexity index is 1080. The average Bonchev–Trinajstić information content (AvgIpc) is 3.16. The Hall–Kier alpha value is -3.56. The van der Waals surface area contributed by atoms with Crippen LogP contribution in [0.1, 0.15) is 11.5 Å². The van der Waals surface area contributed by atoms with E-state index in [0.717, 1.165) is 17.5 Å². The van der Waals surface area contributed by atoms with E-state index >= 15 is 0 Å². The van der Waals surface area contributed by atoms with Gasteiger partial charge in [-0.15, -0.1) is 0 Å². The second-order valence-corrected chi connectivity index (χ2v) is 6.94. The Morgan fingerprint density at radius 1 is 1.00 bits per heavy atom. The maximum absolute atomic E-state index is 12.6. The molecular formula is C19H22N8O2. The molecule has 0 N–H and O–H groups in total. The third-order valence-electron chi connectivity index (χ3n) is 4.99. The predicted octanol–water partition coefficient (Wildman–Crippen LogP) is 0.185. The van der Waals surface area contributed by atoms with Gasteiger partial charge in [0, 0.05) is 56.4 Å². The largest absolute Gasteiger partial charge is 0.353 e. The van der Waals surface area contributed by atoms with Gasteiger partial charge in [0.25, 0.3) is 5.56 Å². The van der Waals surface area contributed by atoms with Gasteiger partial charge in [0.05, 0.1) is 6.33 Å². The van der Waals surface area contributed by atoms with E-state index in [1.54, 1.807) is 24.3 Å². The molecule has 0 saturated carbocycles. The summed E-state index contributed by atoms with van der Waals surface area (Å²) in [5.41, 5.74) is 0.426. The molecule has 4 rings (SSSR count). The van der Waals surface area contributed by atoms with Crippen molar-refractivity contribution in [1.82, 2.24) is 34.0 Å². The molecule has 0 spiro atoms. The molecule has 0 aliphatic carbocycles. The monoisotopic (exact) mass is 394 g/mol. The standard InChI is InChI=1S/C19H22N8O2/c1-14-9-18(28)26(13-23-14)11-19(29)25-7-5-24(6-8-25)16-10-17(22-12-21-16)27-4-3-20-15(27)2/h3-4,9-10,12-13H,5-8,11H2,1-2H3. The number of aromatic nitrogens is 6. The van der Waals surface area contributed by atoms with Crippen molar-refractivity contribution in [2.75, 3.05) is 31.1 Å². The number of carbonyl (C=O) groups is 1. The second kappa shape index (κ2) is 7.82. The highest BCUT2D eigenvalue weighted by Gasteiger charge is 2.22. The Balaban J connectivity index is 1.40. The maximum atomic E-state index is 12.6. The number of anilines is 1. The maximum Gasteiger partial charge on any atom is 0.253 e. The van der Waals surface area contributed by atoms with Crippen molar-refractivity contribution in [1.29, 1.82) is 0 Å². The fraction of sp³-hybridized carbons (Fsp3) is 0.368. The van der Waals surface area contributed by atoms with Crippen LogP contribution in [0.15, 0.2) is 42.0 Å². The van der Waals surface area contributed by atoms with Crippen LogP contribution in [-0.4, -0.2) is 66.1 Å². The summed E-state index contributed by atoms with van der Waals surface area (Å²) in [4.78, 5) is 45.5. The lowest BCUT2D eigenvalue weighted by Crippen LogP contribution is -2.50. The minimum absolute atomic E-state index is 0.00365. The van der Waals surface area contributed by atoms with Crippen molar-refractivity contribution in [2.24, 2.45) is 0 Å². The van der Waals surface area contributed by atoms with Crippen LogP contribution in [0.4, 0.5) is 5.82 Å². The van der Waals surface area contributed by atoms with Gasteiger partial charge in [0.2, 0.25) is 5.91 Å². The molecule has 4 heterocycles. The van der Waals surface area contributed by atoms with Crippen molar-refractivity contribution in [2.45, 2.75) is 20.4 Å². The number of hydrogen-bond donors (Lipinski definition) is 0. The smallest absolute Gasteiger partial charge is 0.253 e. The zero-order valence-corrected chi connectivity index (χ0v) is 16.4. The molecule has 3 aromatic heterocycles. The van der Waals surface area contributed by atoms with E-state index in [0.29, 0.717) is 31.9 Å². The number of hydrogen-bond acceptors (Lipinski definition) is 7. The van der Waals surface area contributed by atoms with Crippen LogP contribution in [0.5, 0.6) is 0 Å². The summed E-state index contributed by atoms with van der Waals surface area (Å²) in [5.74, 6) is 2.34. The first-order valence-electron chi connectivity index (χ1n) is 9.39. The molecular weight excluding hydrogens is 372 g/mol. The van der Waals surface area contributed by atoms with Crippen molar-refractivity contribution in [3.05, 3.63) is 59.1 Å². The lowest BCUT2D eigenvalue weighted by Gasteiger charge is -2.35. The van der Waals surface area contributed by atoms with E-state index in [4.69, 9.17) is 0 Å². The number of rotatable bonds is 4. The third kappa shape index (κ3) is 4.00. The van der Waals surface area contributed by atoms with Gasteiger partial charge in [-0.05, 0) is 13.8 Å². The Kier molecular flexibility index (Phi) is 5.07. The molecule has 10 nitrogen and oxygen atoms in total. The number of piperazine rings is 1. The highest BCUT2D eigenvalue weighted by atomic mass is 16.2. The fourth-order valence-corrected chi connectivity index (χ4v) is 3.33. The van der Waals surface area contributed by atoms with E-state index in [9.17, 15) is 9.59 Å². The van der Waals surface area contributed by atoms with Gasteiger partial charge in [-0.3, -0.25) is 18.7 Å². The zero-order chi connectivity index (χ0) is 20.4. The van der Waals surface area contributed by atoms with Crippen LogP contribution in [0.3, 0.4) is 0 Å². The molecule has 1 saturated heterocycles. The molecule has 1 amide bonds. The summed E-state index contributed by atoms with van der Waals surface area (Å²) in [6, 6.07) is 3.35. The van der Waals surface area contributed by atoms with Gasteiger partial charge in [-0.1, -0.05) is 0 Å². The Morgan fingerprint density at radius 3 is 2.45 bits per heavy atom. The van der Waals surface area contributed by atoms with Crippen molar-refractivity contribution in [3.63, 3.8) is 0 Å². The number of amides is 1. The fourth-order valence-electron chi connectivity index (χ4n) is 3.33. The molecule has 0 atom stereocenters. The van der Waals surface area contributed by atoms with Gasteiger partial charge in [0.15, 0.2) is 0 Å². The van der Waals surface area contributed by atoms with Gasteiger partial charge in [0.1, 0.15) is 30.3 Å². The van der Waals surface area contributed by atoms with Crippen molar-refractivity contribution >= 4 is 11.7 Å². The number of aryl methyl sites for hydroxylation is 2. The highest BCUT2D eigenvalue weighted by molar-refractivity contribution is 5.76. The minimum atomic E-state index is -0.215. The van der Waals surface area contributed by atoms with Crippen molar-refractivity contribution in [3.8, 4) is 5.82 Å². The quantitative estimate of drug-likeness (QED) is 0.622. The van der Waals surface area contributed by atoms with Crippen LogP contribution < -0.4 is 10.5 Å². The van der Waals surface area contributed by atoms with E-state index < -0.39 is 0 Å². The first-order valence-corrected chi connectivity index (χ1v) is 9.39. The first kappa shape index (κ1) is 18.8. The molecule has 0 aromatic carbocycles. The van der Waals surface area contributed by atoms with E-state index in [-0.39, 0.29) is 18.0 Å². The average molecular weight is 394 g/mol. The summed E-state index contributed by atoms with van der Waals surface area (Å²) in [6.07, 6.45) is 6.56. The van der Waals surface area contributed by atoms with Crippen LogP contribution in [-0.2, 0) is 11.3 Å². The second-order valence-electron chi connectivity index (χ2n) is 6.94. The van der Waals surface area contributed by atoms with Gasteiger partial charge >= 0.3 is 0 Å². The van der Waals surface area contributed by atoms with Crippen LogP contribution in [0.25, 0.3) is 5.82 Å². The van der Waals surface area contributed by atoms with Crippen LogP contribution in [0.2, 0.25) is 0 Å². The molecule has 0 bridgehead atoms. The molecule has 1 fully saturated rings. The number of carbonyl (C=O) groups excluding carboxylic acids is 1. The predicted molar refractivity (Wildman–Crippen MR) is 106 cm³/mol. The first-order chi connectivity index (χ1) is 14.0. The van der Waals surface area contributed by atoms with E-state index in [1.165, 1.54) is 17.0 Å².